The fourth-order valence-corrected chi connectivity index (χ4v) is 2.66. The summed E-state index contributed by atoms with van der Waals surface area (Å²) in [6.45, 7) is 0.0385. The Morgan fingerprint density at radius 2 is 1.94 bits per heavy atom. The van der Waals surface area contributed by atoms with Crippen molar-refractivity contribution in [2.24, 2.45) is 0 Å². The van der Waals surface area contributed by atoms with Gasteiger partial charge in [-0.1, -0.05) is 29.8 Å². The predicted molar refractivity (Wildman–Crippen MR) is 73.3 cm³/mol. The van der Waals surface area contributed by atoms with Gasteiger partial charge in [0, 0.05) is 10.6 Å². The van der Waals surface area contributed by atoms with Crippen LogP contribution in [0.5, 0.6) is 0 Å². The van der Waals surface area contributed by atoms with Crippen molar-refractivity contribution in [2.45, 2.75) is 17.3 Å². The van der Waals surface area contributed by atoms with Gasteiger partial charge in [-0.3, -0.25) is 0 Å². The second-order valence-corrected chi connectivity index (χ2v) is 5.30. The van der Waals surface area contributed by atoms with E-state index in [0.717, 1.165) is 21.8 Å². The molecular formula is C14H12ClFOS. The highest BCUT2D eigenvalue weighted by Gasteiger charge is 2.02. The van der Waals surface area contributed by atoms with Crippen LogP contribution >= 0.6 is 23.4 Å². The quantitative estimate of drug-likeness (QED) is 0.846. The summed E-state index contributed by atoms with van der Waals surface area (Å²) < 4.78 is 13.0. The predicted octanol–water partition coefficient (Wildman–Crippen LogP) is 4.26. The summed E-state index contributed by atoms with van der Waals surface area (Å²) in [7, 11) is 0. The largest absolute Gasteiger partial charge is 0.392 e. The first-order chi connectivity index (χ1) is 8.69. The maximum Gasteiger partial charge on any atom is 0.141 e. The molecule has 94 valence electrons. The van der Waals surface area contributed by atoms with Crippen molar-refractivity contribution >= 4 is 23.4 Å². The third-order valence-electron chi connectivity index (χ3n) is 2.47. The van der Waals surface area contributed by atoms with E-state index in [2.05, 4.69) is 0 Å². The number of hydrogen-bond acceptors (Lipinski definition) is 2. The van der Waals surface area contributed by atoms with Crippen molar-refractivity contribution < 1.29 is 9.50 Å². The molecule has 0 aromatic heterocycles. The highest BCUT2D eigenvalue weighted by Crippen LogP contribution is 2.25. The van der Waals surface area contributed by atoms with Gasteiger partial charge in [0.15, 0.2) is 0 Å². The zero-order chi connectivity index (χ0) is 13.0. The molecule has 0 saturated carbocycles. The lowest BCUT2D eigenvalue weighted by atomic mass is 10.2. The van der Waals surface area contributed by atoms with E-state index in [0.29, 0.717) is 0 Å². The number of thioether (sulfide) groups is 1. The number of halogens is 2. The van der Waals surface area contributed by atoms with Crippen LogP contribution in [-0.2, 0) is 12.4 Å². The van der Waals surface area contributed by atoms with Crippen molar-refractivity contribution in [3.8, 4) is 0 Å². The van der Waals surface area contributed by atoms with Gasteiger partial charge in [-0.05, 0) is 35.4 Å². The SMILES string of the molecule is OCc1cccc(SCc2ccc(F)c(Cl)c2)c1. The first kappa shape index (κ1) is 13.4. The molecule has 0 unspecified atom stereocenters. The Labute approximate surface area is 115 Å². The molecule has 0 aliphatic rings. The molecule has 0 saturated heterocycles. The lowest BCUT2D eigenvalue weighted by Crippen LogP contribution is -1.85. The lowest BCUT2D eigenvalue weighted by Gasteiger charge is -2.04. The molecule has 0 spiro atoms. The molecule has 18 heavy (non-hydrogen) atoms. The van der Waals surface area contributed by atoms with Gasteiger partial charge in [0.2, 0.25) is 0 Å². The Hall–Kier alpha value is -1.03. The van der Waals surface area contributed by atoms with Gasteiger partial charge in [-0.25, -0.2) is 4.39 Å². The van der Waals surface area contributed by atoms with E-state index in [1.807, 2.05) is 24.3 Å². The minimum atomic E-state index is -0.396. The molecule has 0 heterocycles. The maximum atomic E-state index is 13.0. The third kappa shape index (κ3) is 3.48. The van der Waals surface area contributed by atoms with Crippen molar-refractivity contribution in [3.63, 3.8) is 0 Å². The highest BCUT2D eigenvalue weighted by atomic mass is 35.5. The van der Waals surface area contributed by atoms with Crippen LogP contribution < -0.4 is 0 Å². The molecular weight excluding hydrogens is 271 g/mol. The molecule has 2 aromatic carbocycles. The van der Waals surface area contributed by atoms with E-state index in [-0.39, 0.29) is 11.6 Å². The van der Waals surface area contributed by atoms with Crippen molar-refractivity contribution in [3.05, 3.63) is 64.4 Å². The van der Waals surface area contributed by atoms with Crippen LogP contribution in [0.15, 0.2) is 47.4 Å². The topological polar surface area (TPSA) is 20.2 Å². The van der Waals surface area contributed by atoms with E-state index in [1.54, 1.807) is 23.9 Å². The first-order valence-electron chi connectivity index (χ1n) is 5.45. The van der Waals surface area contributed by atoms with Gasteiger partial charge >= 0.3 is 0 Å². The Morgan fingerprint density at radius 3 is 2.67 bits per heavy atom. The molecule has 1 N–H and O–H groups in total. The van der Waals surface area contributed by atoms with Crippen molar-refractivity contribution in [1.82, 2.24) is 0 Å². The molecule has 0 aliphatic heterocycles. The van der Waals surface area contributed by atoms with Crippen LogP contribution in [0.25, 0.3) is 0 Å². The van der Waals surface area contributed by atoms with Gasteiger partial charge in [0.25, 0.3) is 0 Å². The van der Waals surface area contributed by atoms with E-state index >= 15 is 0 Å². The van der Waals surface area contributed by atoms with E-state index < -0.39 is 5.82 Å². The summed E-state index contributed by atoms with van der Waals surface area (Å²) in [5, 5.41) is 9.20. The molecule has 0 bridgehead atoms. The van der Waals surface area contributed by atoms with Crippen LogP contribution in [-0.4, -0.2) is 5.11 Å². The standard InChI is InChI=1S/C14H12ClFOS/c15-13-7-11(4-5-14(13)16)9-18-12-3-1-2-10(6-12)8-17/h1-7,17H,8-9H2. The molecule has 0 radical (unpaired) electrons. The molecule has 4 heteroatoms. The zero-order valence-corrected chi connectivity index (χ0v) is 11.1. The van der Waals surface area contributed by atoms with Gasteiger partial charge < -0.3 is 5.11 Å². The Balaban J connectivity index is 2.04. The van der Waals surface area contributed by atoms with Crippen LogP contribution in [0.4, 0.5) is 4.39 Å². The van der Waals surface area contributed by atoms with Gasteiger partial charge in [0.05, 0.1) is 11.6 Å². The van der Waals surface area contributed by atoms with Gasteiger partial charge in [0.1, 0.15) is 5.82 Å². The molecule has 0 atom stereocenters. The number of aliphatic hydroxyl groups excluding tert-OH is 1. The first-order valence-corrected chi connectivity index (χ1v) is 6.82. The maximum absolute atomic E-state index is 13.0. The minimum absolute atomic E-state index is 0.0385. The molecule has 0 fully saturated rings. The number of rotatable bonds is 4. The van der Waals surface area contributed by atoms with E-state index in [1.165, 1.54) is 6.07 Å². The summed E-state index contributed by atoms with van der Waals surface area (Å²) in [4.78, 5) is 1.07. The minimum Gasteiger partial charge on any atom is -0.392 e. The van der Waals surface area contributed by atoms with E-state index in [9.17, 15) is 4.39 Å². The van der Waals surface area contributed by atoms with Gasteiger partial charge in [-0.15, -0.1) is 11.8 Å². The van der Waals surface area contributed by atoms with Crippen molar-refractivity contribution in [2.75, 3.05) is 0 Å². The number of benzene rings is 2. The molecule has 0 aliphatic carbocycles. The Bertz CT molecular complexity index is 545. The van der Waals surface area contributed by atoms with Crippen LogP contribution in [0.1, 0.15) is 11.1 Å². The summed E-state index contributed by atoms with van der Waals surface area (Å²) in [5.41, 5.74) is 1.86. The fraction of sp³-hybridized carbons (Fsp3) is 0.143. The average molecular weight is 283 g/mol. The third-order valence-corrected chi connectivity index (χ3v) is 3.83. The van der Waals surface area contributed by atoms with Crippen LogP contribution in [0, 0.1) is 5.82 Å². The Kier molecular flexibility index (Phi) is 4.64. The van der Waals surface area contributed by atoms with E-state index in [4.69, 9.17) is 16.7 Å². The highest BCUT2D eigenvalue weighted by molar-refractivity contribution is 7.98. The monoisotopic (exact) mass is 282 g/mol. The second kappa shape index (κ2) is 6.23. The summed E-state index contributed by atoms with van der Waals surface area (Å²) in [5.74, 6) is 0.321. The lowest BCUT2D eigenvalue weighted by molar-refractivity contribution is 0.281. The summed E-state index contributed by atoms with van der Waals surface area (Å²) in [6, 6.07) is 12.4. The Morgan fingerprint density at radius 1 is 1.11 bits per heavy atom. The normalized spacial score (nSPS) is 10.6. The van der Waals surface area contributed by atoms with Crippen LogP contribution in [0.3, 0.4) is 0 Å². The smallest absolute Gasteiger partial charge is 0.141 e. The summed E-state index contributed by atoms with van der Waals surface area (Å²) >= 11 is 7.35. The molecule has 0 amide bonds. The number of aliphatic hydroxyl groups is 1. The van der Waals surface area contributed by atoms with Crippen LogP contribution in [0.2, 0.25) is 5.02 Å². The number of hydrogen-bond donors (Lipinski definition) is 1. The summed E-state index contributed by atoms with van der Waals surface area (Å²) in [6.07, 6.45) is 0. The zero-order valence-electron chi connectivity index (χ0n) is 9.57. The molecule has 1 nitrogen and oxygen atoms in total. The van der Waals surface area contributed by atoms with Gasteiger partial charge in [-0.2, -0.15) is 0 Å². The second-order valence-electron chi connectivity index (χ2n) is 3.84. The fourth-order valence-electron chi connectivity index (χ4n) is 1.53. The molecule has 2 aromatic rings. The van der Waals surface area contributed by atoms with Crippen molar-refractivity contribution in [1.29, 1.82) is 0 Å². The molecule has 2 rings (SSSR count). The average Bonchev–Trinajstić information content (AvgIpc) is 2.40.